The highest BCUT2D eigenvalue weighted by molar-refractivity contribution is 5.34. The second-order valence-electron chi connectivity index (χ2n) is 5.12. The Morgan fingerprint density at radius 3 is 2.47 bits per heavy atom. The summed E-state index contributed by atoms with van der Waals surface area (Å²) in [6.45, 7) is 5.54. The van der Waals surface area contributed by atoms with Crippen LogP contribution in [-0.2, 0) is 6.42 Å². The fraction of sp³-hybridized carbons (Fsp3) is 0.500. The largest absolute Gasteiger partial charge is 0.392 e. The molecule has 0 aliphatic heterocycles. The lowest BCUT2D eigenvalue weighted by Crippen LogP contribution is -2.28. The second kappa shape index (κ2) is 4.79. The van der Waals surface area contributed by atoms with Crippen LogP contribution in [0, 0.1) is 21.3 Å². The normalized spacial score (nSPS) is 13.5. The van der Waals surface area contributed by atoms with E-state index >= 15 is 0 Å². The van der Waals surface area contributed by atoms with Crippen molar-refractivity contribution in [1.82, 2.24) is 0 Å². The van der Waals surface area contributed by atoms with Crippen molar-refractivity contribution in [3.8, 4) is 0 Å². The molecule has 0 spiro atoms. The standard InChI is InChI=1S/C12H16FNO3/c1-12(2,3)11(15)6-8-4-5-9(14(16)17)7-10(8)13/h4-5,7,11,15H,6H2,1-3H3. The van der Waals surface area contributed by atoms with E-state index in [0.29, 0.717) is 0 Å². The van der Waals surface area contributed by atoms with Crippen LogP contribution < -0.4 is 0 Å². The van der Waals surface area contributed by atoms with Crippen LogP contribution in [-0.4, -0.2) is 16.1 Å². The molecule has 1 atom stereocenters. The van der Waals surface area contributed by atoms with Gasteiger partial charge in [0, 0.05) is 12.5 Å². The molecule has 0 saturated heterocycles. The van der Waals surface area contributed by atoms with Crippen LogP contribution >= 0.6 is 0 Å². The molecule has 1 rings (SSSR count). The molecule has 0 aliphatic carbocycles. The lowest BCUT2D eigenvalue weighted by atomic mass is 9.85. The van der Waals surface area contributed by atoms with Crippen molar-refractivity contribution in [2.24, 2.45) is 5.41 Å². The zero-order valence-corrected chi connectivity index (χ0v) is 10.1. The first kappa shape index (κ1) is 13.6. The van der Waals surface area contributed by atoms with E-state index in [0.717, 1.165) is 6.07 Å². The smallest absolute Gasteiger partial charge is 0.272 e. The number of aliphatic hydroxyl groups is 1. The van der Waals surface area contributed by atoms with Crippen molar-refractivity contribution in [3.63, 3.8) is 0 Å². The minimum absolute atomic E-state index is 0.146. The van der Waals surface area contributed by atoms with Gasteiger partial charge >= 0.3 is 0 Å². The molecule has 0 heterocycles. The topological polar surface area (TPSA) is 63.4 Å². The highest BCUT2D eigenvalue weighted by Gasteiger charge is 2.23. The summed E-state index contributed by atoms with van der Waals surface area (Å²) in [4.78, 5) is 9.79. The van der Waals surface area contributed by atoms with Crippen LogP contribution in [0.1, 0.15) is 26.3 Å². The number of nitrogens with zero attached hydrogens (tertiary/aromatic N) is 1. The summed E-state index contributed by atoms with van der Waals surface area (Å²) >= 11 is 0. The number of hydrogen-bond acceptors (Lipinski definition) is 3. The maximum absolute atomic E-state index is 13.5. The summed E-state index contributed by atoms with van der Waals surface area (Å²) in [5, 5.41) is 20.3. The molecule has 0 fully saturated rings. The quantitative estimate of drug-likeness (QED) is 0.653. The minimum atomic E-state index is -0.696. The van der Waals surface area contributed by atoms with Gasteiger partial charge in [-0.3, -0.25) is 10.1 Å². The fourth-order valence-corrected chi connectivity index (χ4v) is 1.33. The van der Waals surface area contributed by atoms with Crippen molar-refractivity contribution in [2.45, 2.75) is 33.3 Å². The number of nitro benzene ring substituents is 1. The van der Waals surface area contributed by atoms with Crippen LogP contribution in [0.3, 0.4) is 0 Å². The van der Waals surface area contributed by atoms with Gasteiger partial charge in [0.15, 0.2) is 0 Å². The van der Waals surface area contributed by atoms with Crippen LogP contribution in [0.15, 0.2) is 18.2 Å². The SMILES string of the molecule is CC(C)(C)C(O)Cc1ccc([N+](=O)[O-])cc1F. The Morgan fingerprint density at radius 2 is 2.06 bits per heavy atom. The second-order valence-corrected chi connectivity index (χ2v) is 5.12. The molecule has 0 radical (unpaired) electrons. The van der Waals surface area contributed by atoms with Crippen molar-refractivity contribution < 1.29 is 14.4 Å². The average Bonchev–Trinajstić information content (AvgIpc) is 2.19. The Kier molecular flexibility index (Phi) is 3.83. The van der Waals surface area contributed by atoms with Gasteiger partial charge in [0.2, 0.25) is 0 Å². The number of hydrogen-bond donors (Lipinski definition) is 1. The molecule has 0 bridgehead atoms. The van der Waals surface area contributed by atoms with Gasteiger partial charge in [0.25, 0.3) is 5.69 Å². The van der Waals surface area contributed by atoms with E-state index in [9.17, 15) is 19.6 Å². The van der Waals surface area contributed by atoms with Gasteiger partial charge < -0.3 is 5.11 Å². The van der Waals surface area contributed by atoms with E-state index in [1.807, 2.05) is 20.8 Å². The number of aliphatic hydroxyl groups excluding tert-OH is 1. The van der Waals surface area contributed by atoms with Gasteiger partial charge in [-0.2, -0.15) is 0 Å². The maximum atomic E-state index is 13.5. The van der Waals surface area contributed by atoms with E-state index in [1.165, 1.54) is 12.1 Å². The Bertz CT molecular complexity index is 426. The maximum Gasteiger partial charge on any atom is 0.272 e. The van der Waals surface area contributed by atoms with E-state index in [2.05, 4.69) is 0 Å². The molecule has 94 valence electrons. The van der Waals surface area contributed by atoms with Gasteiger partial charge in [-0.05, 0) is 17.0 Å². The van der Waals surface area contributed by atoms with Crippen molar-refractivity contribution in [1.29, 1.82) is 0 Å². The van der Waals surface area contributed by atoms with E-state index in [4.69, 9.17) is 0 Å². The molecule has 0 aliphatic rings. The van der Waals surface area contributed by atoms with Gasteiger partial charge in [0.1, 0.15) is 5.82 Å². The number of nitro groups is 1. The molecule has 17 heavy (non-hydrogen) atoms. The predicted molar refractivity (Wildman–Crippen MR) is 62.2 cm³/mol. The Balaban J connectivity index is 2.90. The lowest BCUT2D eigenvalue weighted by Gasteiger charge is -2.25. The van der Waals surface area contributed by atoms with Crippen molar-refractivity contribution in [2.75, 3.05) is 0 Å². The third-order valence-electron chi connectivity index (χ3n) is 2.66. The molecule has 1 N–H and O–H groups in total. The van der Waals surface area contributed by atoms with E-state index in [-0.39, 0.29) is 23.1 Å². The first-order chi connectivity index (χ1) is 7.71. The highest BCUT2D eigenvalue weighted by atomic mass is 19.1. The van der Waals surface area contributed by atoms with Gasteiger partial charge in [-0.25, -0.2) is 4.39 Å². The third-order valence-corrected chi connectivity index (χ3v) is 2.66. The van der Waals surface area contributed by atoms with E-state index in [1.54, 1.807) is 0 Å². The minimum Gasteiger partial charge on any atom is -0.392 e. The average molecular weight is 241 g/mol. The molecule has 0 amide bonds. The summed E-state index contributed by atoms with van der Waals surface area (Å²) in [7, 11) is 0. The zero-order chi connectivity index (χ0) is 13.2. The number of benzene rings is 1. The summed E-state index contributed by atoms with van der Waals surface area (Å²) < 4.78 is 13.5. The summed E-state index contributed by atoms with van der Waals surface area (Å²) in [5.41, 5.74) is -0.344. The van der Waals surface area contributed by atoms with Gasteiger partial charge in [-0.1, -0.05) is 20.8 Å². The highest BCUT2D eigenvalue weighted by Crippen LogP contribution is 2.24. The molecule has 1 unspecified atom stereocenters. The molecule has 1 aromatic carbocycles. The molecular formula is C12H16FNO3. The summed E-state index contributed by atoms with van der Waals surface area (Å²) in [6, 6.07) is 3.47. The molecule has 4 nitrogen and oxygen atoms in total. The lowest BCUT2D eigenvalue weighted by molar-refractivity contribution is -0.385. The first-order valence-electron chi connectivity index (χ1n) is 5.32. The first-order valence-corrected chi connectivity index (χ1v) is 5.32. The predicted octanol–water partition coefficient (Wildman–Crippen LogP) is 2.68. The molecule has 0 aromatic heterocycles. The van der Waals surface area contributed by atoms with Crippen LogP contribution in [0.2, 0.25) is 0 Å². The third kappa shape index (κ3) is 3.49. The molecular weight excluding hydrogens is 225 g/mol. The van der Waals surface area contributed by atoms with Crippen LogP contribution in [0.5, 0.6) is 0 Å². The fourth-order valence-electron chi connectivity index (χ4n) is 1.33. The molecule has 1 aromatic rings. The summed E-state index contributed by atoms with van der Waals surface area (Å²) in [5.74, 6) is -0.650. The molecule has 0 saturated carbocycles. The van der Waals surface area contributed by atoms with Gasteiger partial charge in [-0.15, -0.1) is 0 Å². The Hall–Kier alpha value is -1.49. The van der Waals surface area contributed by atoms with Crippen LogP contribution in [0.4, 0.5) is 10.1 Å². The Morgan fingerprint density at radius 1 is 1.47 bits per heavy atom. The van der Waals surface area contributed by atoms with Gasteiger partial charge in [0.05, 0.1) is 17.1 Å². The van der Waals surface area contributed by atoms with Crippen molar-refractivity contribution >= 4 is 5.69 Å². The zero-order valence-electron chi connectivity index (χ0n) is 10.1. The Labute approximate surface area is 99.2 Å². The number of non-ortho nitro benzene ring substituents is 1. The summed E-state index contributed by atoms with van der Waals surface area (Å²) in [6.07, 6.45) is -0.550. The molecule has 5 heteroatoms. The van der Waals surface area contributed by atoms with Crippen molar-refractivity contribution in [3.05, 3.63) is 39.7 Å². The van der Waals surface area contributed by atoms with E-state index < -0.39 is 16.8 Å². The van der Waals surface area contributed by atoms with Crippen LogP contribution in [0.25, 0.3) is 0 Å². The number of rotatable bonds is 3. The number of halogens is 1. The monoisotopic (exact) mass is 241 g/mol.